The van der Waals surface area contributed by atoms with Crippen molar-refractivity contribution >= 4 is 0 Å². The summed E-state index contributed by atoms with van der Waals surface area (Å²) < 4.78 is 7.32. The third-order valence-electron chi connectivity index (χ3n) is 4.16. The molecule has 5 heteroatoms. The molecule has 0 bridgehead atoms. The number of ether oxygens (including phenoxy) is 1. The van der Waals surface area contributed by atoms with E-state index in [1.807, 2.05) is 4.57 Å². The number of aryl methyl sites for hydroxylation is 1. The number of hydrogen-bond acceptors (Lipinski definition) is 4. The minimum atomic E-state index is -0.326. The highest BCUT2D eigenvalue weighted by atomic mass is 16.5. The second-order valence-corrected chi connectivity index (χ2v) is 6.02. The minimum Gasteiger partial charge on any atom is -0.503 e. The van der Waals surface area contributed by atoms with E-state index in [2.05, 4.69) is 36.1 Å². The van der Waals surface area contributed by atoms with E-state index in [1.54, 1.807) is 6.07 Å². The van der Waals surface area contributed by atoms with Gasteiger partial charge in [0.1, 0.15) is 0 Å². The van der Waals surface area contributed by atoms with E-state index in [0.29, 0.717) is 13.1 Å². The first-order chi connectivity index (χ1) is 11.1. The van der Waals surface area contributed by atoms with Crippen LogP contribution in [0.5, 0.6) is 5.75 Å². The van der Waals surface area contributed by atoms with Crippen molar-refractivity contribution in [3.8, 4) is 5.75 Å². The van der Waals surface area contributed by atoms with Gasteiger partial charge in [-0.25, -0.2) is 0 Å². The summed E-state index contributed by atoms with van der Waals surface area (Å²) in [6.07, 6.45) is 1.54. The molecule has 3 rings (SSSR count). The zero-order valence-corrected chi connectivity index (χ0v) is 13.4. The first-order valence-corrected chi connectivity index (χ1v) is 7.90. The summed E-state index contributed by atoms with van der Waals surface area (Å²) in [6.45, 7) is 6.54. The summed E-state index contributed by atoms with van der Waals surface area (Å²) in [5.74, 6) is -0.206. The predicted molar refractivity (Wildman–Crippen MR) is 88.7 cm³/mol. The molecule has 0 spiro atoms. The molecule has 0 amide bonds. The minimum absolute atomic E-state index is 0.206. The van der Waals surface area contributed by atoms with E-state index in [0.717, 1.165) is 37.6 Å². The van der Waals surface area contributed by atoms with Gasteiger partial charge in [-0.1, -0.05) is 29.8 Å². The van der Waals surface area contributed by atoms with E-state index in [-0.39, 0.29) is 11.2 Å². The third kappa shape index (κ3) is 4.00. The van der Waals surface area contributed by atoms with Crippen molar-refractivity contribution in [3.05, 3.63) is 63.6 Å². The molecule has 1 saturated heterocycles. The molecule has 1 fully saturated rings. The summed E-state index contributed by atoms with van der Waals surface area (Å²) >= 11 is 0. The van der Waals surface area contributed by atoms with Gasteiger partial charge in [0, 0.05) is 37.9 Å². The number of aromatic nitrogens is 1. The molecule has 1 N–H and O–H groups in total. The van der Waals surface area contributed by atoms with Gasteiger partial charge in [0.05, 0.1) is 19.4 Å². The molecule has 2 aromatic rings. The lowest BCUT2D eigenvalue weighted by Crippen LogP contribution is -2.36. The second-order valence-electron chi connectivity index (χ2n) is 6.02. The van der Waals surface area contributed by atoms with Gasteiger partial charge >= 0.3 is 0 Å². The number of hydrogen-bond donors (Lipinski definition) is 1. The second kappa shape index (κ2) is 6.98. The largest absolute Gasteiger partial charge is 0.503 e. The lowest BCUT2D eigenvalue weighted by molar-refractivity contribution is 0.0331. The Bertz CT molecular complexity index is 716. The van der Waals surface area contributed by atoms with Gasteiger partial charge in [0.15, 0.2) is 5.75 Å². The highest BCUT2D eigenvalue weighted by Crippen LogP contribution is 2.13. The summed E-state index contributed by atoms with van der Waals surface area (Å²) in [5, 5.41) is 9.79. The lowest BCUT2D eigenvalue weighted by atomic mass is 10.1. The van der Waals surface area contributed by atoms with Crippen LogP contribution >= 0.6 is 0 Å². The molecule has 5 nitrogen and oxygen atoms in total. The maximum atomic E-state index is 11.8. The number of benzene rings is 1. The van der Waals surface area contributed by atoms with Crippen LogP contribution in [0.1, 0.15) is 16.8 Å². The standard InChI is InChI=1S/C18H22N2O3/c1-14-2-4-15(5-3-14)11-20-13-18(22)17(21)10-16(20)12-19-6-8-23-9-7-19/h2-5,10,13,22H,6-9,11-12H2,1H3. The van der Waals surface area contributed by atoms with Crippen LogP contribution in [0.3, 0.4) is 0 Å². The van der Waals surface area contributed by atoms with Crippen LogP contribution < -0.4 is 5.43 Å². The Kier molecular flexibility index (Phi) is 4.79. The van der Waals surface area contributed by atoms with Crippen molar-refractivity contribution in [3.63, 3.8) is 0 Å². The molecule has 0 saturated carbocycles. The average Bonchev–Trinajstić information content (AvgIpc) is 2.55. The Hall–Kier alpha value is -2.11. The molecule has 122 valence electrons. The molecular weight excluding hydrogens is 292 g/mol. The van der Waals surface area contributed by atoms with Crippen LogP contribution in [-0.2, 0) is 17.8 Å². The maximum Gasteiger partial charge on any atom is 0.223 e. The molecule has 0 atom stereocenters. The number of rotatable bonds is 4. The zero-order valence-electron chi connectivity index (χ0n) is 13.4. The van der Waals surface area contributed by atoms with Crippen LogP contribution in [0.2, 0.25) is 0 Å². The number of pyridine rings is 1. The van der Waals surface area contributed by atoms with Gasteiger partial charge in [0.25, 0.3) is 0 Å². The molecule has 1 aromatic heterocycles. The molecule has 23 heavy (non-hydrogen) atoms. The van der Waals surface area contributed by atoms with Gasteiger partial charge < -0.3 is 14.4 Å². The Morgan fingerprint density at radius 1 is 1.13 bits per heavy atom. The van der Waals surface area contributed by atoms with E-state index in [4.69, 9.17) is 4.74 Å². The van der Waals surface area contributed by atoms with Crippen molar-refractivity contribution < 1.29 is 9.84 Å². The first-order valence-electron chi connectivity index (χ1n) is 7.90. The highest BCUT2D eigenvalue weighted by molar-refractivity contribution is 5.25. The van der Waals surface area contributed by atoms with Crippen molar-refractivity contribution in [1.29, 1.82) is 0 Å². The molecule has 1 aromatic carbocycles. The first kappa shape index (κ1) is 15.8. The van der Waals surface area contributed by atoms with E-state index in [1.165, 1.54) is 11.8 Å². The summed E-state index contributed by atoms with van der Waals surface area (Å²) in [5.41, 5.74) is 2.94. The molecule has 0 unspecified atom stereocenters. The van der Waals surface area contributed by atoms with Crippen molar-refractivity contribution in [2.24, 2.45) is 0 Å². The highest BCUT2D eigenvalue weighted by Gasteiger charge is 2.14. The Balaban J connectivity index is 1.86. The van der Waals surface area contributed by atoms with Crippen LogP contribution in [0.15, 0.2) is 41.3 Å². The van der Waals surface area contributed by atoms with Gasteiger partial charge in [-0.2, -0.15) is 0 Å². The maximum absolute atomic E-state index is 11.8. The van der Waals surface area contributed by atoms with E-state index in [9.17, 15) is 9.90 Å². The van der Waals surface area contributed by atoms with Crippen molar-refractivity contribution in [2.45, 2.75) is 20.0 Å². The van der Waals surface area contributed by atoms with Crippen LogP contribution in [0.4, 0.5) is 0 Å². The quantitative estimate of drug-likeness (QED) is 0.934. The normalized spacial score (nSPS) is 15.7. The SMILES string of the molecule is Cc1ccc(Cn2cc(O)c(=O)cc2CN2CCOCC2)cc1. The molecule has 1 aliphatic heterocycles. The molecule has 2 heterocycles. The van der Waals surface area contributed by atoms with Crippen LogP contribution in [-0.4, -0.2) is 40.9 Å². The fourth-order valence-corrected chi connectivity index (χ4v) is 2.76. The van der Waals surface area contributed by atoms with Gasteiger partial charge in [-0.05, 0) is 12.5 Å². The number of nitrogens with zero attached hydrogens (tertiary/aromatic N) is 2. The molecular formula is C18H22N2O3. The Morgan fingerprint density at radius 2 is 1.83 bits per heavy atom. The molecule has 0 aliphatic carbocycles. The van der Waals surface area contributed by atoms with Gasteiger partial charge in [-0.3, -0.25) is 9.69 Å². The fourth-order valence-electron chi connectivity index (χ4n) is 2.76. The Labute approximate surface area is 135 Å². The average molecular weight is 314 g/mol. The van der Waals surface area contributed by atoms with Crippen molar-refractivity contribution in [1.82, 2.24) is 9.47 Å². The summed E-state index contributed by atoms with van der Waals surface area (Å²) in [7, 11) is 0. The molecule has 0 radical (unpaired) electrons. The Morgan fingerprint density at radius 3 is 2.52 bits per heavy atom. The zero-order chi connectivity index (χ0) is 16.2. The van der Waals surface area contributed by atoms with Crippen molar-refractivity contribution in [2.75, 3.05) is 26.3 Å². The summed E-state index contributed by atoms with van der Waals surface area (Å²) in [4.78, 5) is 14.1. The van der Waals surface area contributed by atoms with E-state index < -0.39 is 0 Å². The predicted octanol–water partition coefficient (Wildman–Crippen LogP) is 1.74. The number of morpholine rings is 1. The monoisotopic (exact) mass is 314 g/mol. The lowest BCUT2D eigenvalue weighted by Gasteiger charge is -2.27. The molecule has 1 aliphatic rings. The smallest absolute Gasteiger partial charge is 0.223 e. The van der Waals surface area contributed by atoms with Gasteiger partial charge in [-0.15, -0.1) is 0 Å². The van der Waals surface area contributed by atoms with Crippen LogP contribution in [0.25, 0.3) is 0 Å². The van der Waals surface area contributed by atoms with Gasteiger partial charge in [0.2, 0.25) is 5.43 Å². The summed E-state index contributed by atoms with van der Waals surface area (Å²) in [6, 6.07) is 9.82. The van der Waals surface area contributed by atoms with Crippen LogP contribution in [0, 0.1) is 6.92 Å². The topological polar surface area (TPSA) is 54.7 Å². The number of aromatic hydroxyl groups is 1. The third-order valence-corrected chi connectivity index (χ3v) is 4.16. The van der Waals surface area contributed by atoms with E-state index >= 15 is 0 Å². The fraction of sp³-hybridized carbons (Fsp3) is 0.389.